The van der Waals surface area contributed by atoms with Crippen LogP contribution in [0.2, 0.25) is 0 Å². The second kappa shape index (κ2) is 9.92. The fourth-order valence-corrected chi connectivity index (χ4v) is 2.13. The van der Waals surface area contributed by atoms with Gasteiger partial charge in [-0.25, -0.2) is 4.79 Å². The first-order valence-electron chi connectivity index (χ1n) is 7.35. The van der Waals surface area contributed by atoms with Crippen molar-refractivity contribution in [3.63, 3.8) is 0 Å². The molecular formula is C17H22ClNO4. The first-order chi connectivity index (χ1) is 10.7. The van der Waals surface area contributed by atoms with Crippen molar-refractivity contribution >= 4 is 34.8 Å². The van der Waals surface area contributed by atoms with Gasteiger partial charge in [0.2, 0.25) is 0 Å². The molecular weight excluding hydrogens is 318 g/mol. The number of benzene rings is 2. The quantitative estimate of drug-likeness (QED) is 0.454. The number of carbonyl (C=O) groups is 1. The summed E-state index contributed by atoms with van der Waals surface area (Å²) in [6.45, 7) is 3.08. The van der Waals surface area contributed by atoms with Crippen molar-refractivity contribution < 1.29 is 19.0 Å². The highest BCUT2D eigenvalue weighted by Crippen LogP contribution is 2.29. The van der Waals surface area contributed by atoms with E-state index in [1.807, 2.05) is 36.4 Å². The molecule has 0 atom stereocenters. The van der Waals surface area contributed by atoms with Crippen molar-refractivity contribution in [2.75, 3.05) is 32.2 Å². The normalized spacial score (nSPS) is 10.1. The van der Waals surface area contributed by atoms with Gasteiger partial charge in [-0.1, -0.05) is 24.3 Å². The predicted molar refractivity (Wildman–Crippen MR) is 93.2 cm³/mol. The van der Waals surface area contributed by atoms with Crippen LogP contribution in [-0.4, -0.2) is 32.4 Å². The Hall–Kier alpha value is -1.98. The third-order valence-corrected chi connectivity index (χ3v) is 3.13. The Morgan fingerprint density at radius 1 is 1.09 bits per heavy atom. The summed E-state index contributed by atoms with van der Waals surface area (Å²) < 4.78 is 15.8. The van der Waals surface area contributed by atoms with Gasteiger partial charge in [-0.3, -0.25) is 0 Å². The number of esters is 1. The number of nitrogens with two attached hydrogens (primary N) is 1. The van der Waals surface area contributed by atoms with E-state index in [4.69, 9.17) is 19.9 Å². The van der Waals surface area contributed by atoms with E-state index in [2.05, 4.69) is 0 Å². The van der Waals surface area contributed by atoms with Crippen LogP contribution in [0.25, 0.3) is 10.8 Å². The van der Waals surface area contributed by atoms with Crippen LogP contribution in [0, 0.1) is 0 Å². The number of anilines is 1. The third-order valence-electron chi connectivity index (χ3n) is 3.13. The highest BCUT2D eigenvalue weighted by Gasteiger charge is 2.04. The lowest BCUT2D eigenvalue weighted by Crippen LogP contribution is -2.14. The summed E-state index contributed by atoms with van der Waals surface area (Å²) in [4.78, 5) is 11.1. The molecule has 0 aromatic heterocycles. The average molecular weight is 340 g/mol. The number of carbonyl (C=O) groups excluding carboxylic acids is 1. The molecule has 0 aliphatic heterocycles. The molecule has 0 fully saturated rings. The molecule has 2 aromatic rings. The molecule has 23 heavy (non-hydrogen) atoms. The van der Waals surface area contributed by atoms with E-state index < -0.39 is 0 Å². The maximum Gasteiger partial charge on any atom is 0.332 e. The van der Waals surface area contributed by atoms with Gasteiger partial charge in [0.1, 0.15) is 12.4 Å². The van der Waals surface area contributed by atoms with E-state index in [1.165, 1.54) is 0 Å². The molecule has 0 amide bonds. The molecule has 0 unspecified atom stereocenters. The summed E-state index contributed by atoms with van der Waals surface area (Å²) in [5.41, 5.74) is 6.69. The van der Waals surface area contributed by atoms with Crippen LogP contribution >= 0.6 is 12.4 Å². The zero-order valence-corrected chi connectivity index (χ0v) is 13.9. The van der Waals surface area contributed by atoms with Crippen LogP contribution in [0.5, 0.6) is 5.75 Å². The number of ether oxygens (including phenoxy) is 3. The Kier molecular flexibility index (Phi) is 8.22. The van der Waals surface area contributed by atoms with Crippen molar-refractivity contribution in [2.45, 2.75) is 13.3 Å². The minimum atomic E-state index is -0.340. The number of halogens is 1. The Morgan fingerprint density at radius 3 is 2.61 bits per heavy atom. The summed E-state index contributed by atoms with van der Waals surface area (Å²) in [6.07, 6.45) is 0.693. The number of fused-ring (bicyclic) bond motifs is 1. The average Bonchev–Trinajstić information content (AvgIpc) is 2.52. The highest BCUT2D eigenvalue weighted by atomic mass is 35.5. The summed E-state index contributed by atoms with van der Waals surface area (Å²) in [5.74, 6) is 0.461. The van der Waals surface area contributed by atoms with Gasteiger partial charge in [-0.15, -0.1) is 12.4 Å². The molecule has 6 heteroatoms. The number of rotatable bonds is 8. The Bertz CT molecular complexity index is 633. The van der Waals surface area contributed by atoms with E-state index in [1.54, 1.807) is 6.92 Å². The van der Waals surface area contributed by atoms with Crippen LogP contribution in [0.3, 0.4) is 0 Å². The zero-order valence-electron chi connectivity index (χ0n) is 13.1. The standard InChI is InChI=1S/C17H21NO4.ClH/c1-2-21-17(19)12-20-10-5-11-22-16-9-4-6-13-14(16)7-3-8-15(13)18;/h3-4,6-9H,2,5,10-12,18H2,1H3;1H. The van der Waals surface area contributed by atoms with Crippen molar-refractivity contribution in [2.24, 2.45) is 0 Å². The van der Waals surface area contributed by atoms with Gasteiger partial charge in [-0.05, 0) is 19.1 Å². The summed E-state index contributed by atoms with van der Waals surface area (Å²) in [7, 11) is 0. The summed E-state index contributed by atoms with van der Waals surface area (Å²) in [6, 6.07) is 11.6. The van der Waals surface area contributed by atoms with Crippen LogP contribution in [-0.2, 0) is 14.3 Å². The van der Waals surface area contributed by atoms with Crippen LogP contribution in [0.15, 0.2) is 36.4 Å². The molecule has 2 N–H and O–H groups in total. The molecule has 126 valence electrons. The van der Waals surface area contributed by atoms with Crippen molar-refractivity contribution in [1.82, 2.24) is 0 Å². The summed E-state index contributed by atoms with van der Waals surface area (Å²) >= 11 is 0. The van der Waals surface area contributed by atoms with Gasteiger partial charge in [0, 0.05) is 22.9 Å². The molecule has 0 bridgehead atoms. The van der Waals surface area contributed by atoms with E-state index in [0.29, 0.717) is 26.2 Å². The molecule has 5 nitrogen and oxygen atoms in total. The lowest BCUT2D eigenvalue weighted by atomic mass is 10.1. The predicted octanol–water partition coefficient (Wildman–Crippen LogP) is 3.19. The third kappa shape index (κ3) is 5.62. The lowest BCUT2D eigenvalue weighted by Gasteiger charge is -2.10. The smallest absolute Gasteiger partial charge is 0.332 e. The second-order valence-corrected chi connectivity index (χ2v) is 4.76. The SMILES string of the molecule is CCOC(=O)COCCCOc1cccc2c(N)cccc12.Cl. The first kappa shape index (κ1) is 19.1. The molecule has 0 spiro atoms. The molecule has 0 radical (unpaired) electrons. The fraction of sp³-hybridized carbons (Fsp3) is 0.353. The second-order valence-electron chi connectivity index (χ2n) is 4.76. The lowest BCUT2D eigenvalue weighted by molar-refractivity contribution is -0.148. The Balaban J connectivity index is 0.00000264. The van der Waals surface area contributed by atoms with Gasteiger partial charge in [0.05, 0.1) is 19.8 Å². The molecule has 0 heterocycles. The van der Waals surface area contributed by atoms with Gasteiger partial charge in [0.25, 0.3) is 0 Å². The van der Waals surface area contributed by atoms with Crippen LogP contribution in [0.1, 0.15) is 13.3 Å². The molecule has 0 saturated heterocycles. The molecule has 2 aromatic carbocycles. The highest BCUT2D eigenvalue weighted by molar-refractivity contribution is 5.96. The first-order valence-corrected chi connectivity index (χ1v) is 7.35. The Morgan fingerprint density at radius 2 is 1.83 bits per heavy atom. The zero-order chi connectivity index (χ0) is 15.8. The molecule has 0 saturated carbocycles. The Labute approximate surface area is 142 Å². The van der Waals surface area contributed by atoms with Gasteiger partial charge in [0.15, 0.2) is 0 Å². The number of hydrogen-bond donors (Lipinski definition) is 1. The molecule has 2 rings (SSSR count). The maximum atomic E-state index is 11.1. The van der Waals surface area contributed by atoms with Crippen LogP contribution < -0.4 is 10.5 Å². The van der Waals surface area contributed by atoms with Crippen LogP contribution in [0.4, 0.5) is 5.69 Å². The van der Waals surface area contributed by atoms with Crippen molar-refractivity contribution in [3.8, 4) is 5.75 Å². The fourth-order valence-electron chi connectivity index (χ4n) is 2.13. The van der Waals surface area contributed by atoms with Gasteiger partial charge < -0.3 is 19.9 Å². The van der Waals surface area contributed by atoms with E-state index in [0.717, 1.165) is 22.2 Å². The van der Waals surface area contributed by atoms with Crippen molar-refractivity contribution in [1.29, 1.82) is 0 Å². The molecule has 0 aliphatic rings. The van der Waals surface area contributed by atoms with Gasteiger partial charge in [-0.2, -0.15) is 0 Å². The number of nitrogen functional groups attached to an aromatic ring is 1. The van der Waals surface area contributed by atoms with E-state index >= 15 is 0 Å². The minimum Gasteiger partial charge on any atom is -0.493 e. The topological polar surface area (TPSA) is 70.8 Å². The molecule has 0 aliphatic carbocycles. The summed E-state index contributed by atoms with van der Waals surface area (Å²) in [5, 5.41) is 1.98. The van der Waals surface area contributed by atoms with Crippen molar-refractivity contribution in [3.05, 3.63) is 36.4 Å². The maximum absolute atomic E-state index is 11.1. The largest absolute Gasteiger partial charge is 0.493 e. The van der Waals surface area contributed by atoms with Gasteiger partial charge >= 0.3 is 5.97 Å². The number of hydrogen-bond acceptors (Lipinski definition) is 5. The minimum absolute atomic E-state index is 0. The van der Waals surface area contributed by atoms with E-state index in [-0.39, 0.29) is 25.0 Å². The monoisotopic (exact) mass is 339 g/mol. The van der Waals surface area contributed by atoms with E-state index in [9.17, 15) is 4.79 Å².